The Hall–Kier alpha value is -1.22. The Bertz CT molecular complexity index is 299. The first-order valence-electron chi connectivity index (χ1n) is 3.40. The molecule has 0 N–H and O–H groups in total. The zero-order valence-corrected chi connectivity index (χ0v) is 7.03. The fourth-order valence-electron chi connectivity index (χ4n) is 0.688. The van der Waals surface area contributed by atoms with Gasteiger partial charge in [-0.2, -0.15) is 0 Å². The number of nitrogens with zero attached hydrogens (tertiary/aromatic N) is 2. The van der Waals surface area contributed by atoms with Gasteiger partial charge in [-0.1, -0.05) is 23.8 Å². The molecule has 0 unspecified atom stereocenters. The fourth-order valence-corrected chi connectivity index (χ4v) is 0.843. The van der Waals surface area contributed by atoms with E-state index in [0.717, 1.165) is 11.8 Å². The van der Waals surface area contributed by atoms with Crippen LogP contribution in [0, 0.1) is 0 Å². The number of aldehydes is 1. The molecule has 0 amide bonds. The van der Waals surface area contributed by atoms with Crippen LogP contribution in [-0.4, -0.2) is 16.3 Å². The van der Waals surface area contributed by atoms with Gasteiger partial charge >= 0.3 is 0 Å². The molecule has 0 saturated carbocycles. The number of carbonyl (C=O) groups is 1. The van der Waals surface area contributed by atoms with Crippen LogP contribution in [0.5, 0.6) is 0 Å². The first kappa shape index (κ1) is 8.87. The molecule has 0 aromatic carbocycles. The van der Waals surface area contributed by atoms with Gasteiger partial charge in [0.1, 0.15) is 17.8 Å². The van der Waals surface area contributed by atoms with Crippen LogP contribution < -0.4 is 0 Å². The van der Waals surface area contributed by atoms with Gasteiger partial charge in [-0.3, -0.25) is 0 Å². The SMILES string of the molecule is O=CCC=Cc1cncnc1Cl. The smallest absolute Gasteiger partial charge is 0.139 e. The fraction of sp³-hybridized carbons (Fsp3) is 0.125. The second kappa shape index (κ2) is 4.62. The highest BCUT2D eigenvalue weighted by molar-refractivity contribution is 6.30. The van der Waals surface area contributed by atoms with Gasteiger partial charge in [-0.15, -0.1) is 0 Å². The summed E-state index contributed by atoms with van der Waals surface area (Å²) in [6.45, 7) is 0. The van der Waals surface area contributed by atoms with Crippen LogP contribution in [0.25, 0.3) is 6.08 Å². The van der Waals surface area contributed by atoms with Crippen LogP contribution in [0.4, 0.5) is 0 Å². The monoisotopic (exact) mass is 182 g/mol. The van der Waals surface area contributed by atoms with Crippen LogP contribution in [0.15, 0.2) is 18.6 Å². The Morgan fingerprint density at radius 1 is 1.58 bits per heavy atom. The minimum absolute atomic E-state index is 0.380. The first-order chi connectivity index (χ1) is 5.84. The summed E-state index contributed by atoms with van der Waals surface area (Å²) in [4.78, 5) is 17.5. The van der Waals surface area contributed by atoms with Crippen molar-refractivity contribution in [3.05, 3.63) is 29.3 Å². The summed E-state index contributed by atoms with van der Waals surface area (Å²) >= 11 is 5.71. The van der Waals surface area contributed by atoms with Crippen LogP contribution in [0.3, 0.4) is 0 Å². The molecule has 1 heterocycles. The van der Waals surface area contributed by atoms with Crippen molar-refractivity contribution in [2.24, 2.45) is 0 Å². The lowest BCUT2D eigenvalue weighted by Gasteiger charge is -1.92. The Morgan fingerprint density at radius 2 is 2.42 bits per heavy atom. The minimum Gasteiger partial charge on any atom is -0.303 e. The Morgan fingerprint density at radius 3 is 3.08 bits per heavy atom. The predicted octanol–water partition coefficient (Wildman–Crippen LogP) is 1.73. The molecule has 3 nitrogen and oxygen atoms in total. The number of aromatic nitrogens is 2. The normalized spacial score (nSPS) is 10.4. The van der Waals surface area contributed by atoms with Crippen molar-refractivity contribution < 1.29 is 4.79 Å². The van der Waals surface area contributed by atoms with Gasteiger partial charge in [0.15, 0.2) is 0 Å². The molecule has 0 atom stereocenters. The molecule has 0 bridgehead atoms. The minimum atomic E-state index is 0.380. The van der Waals surface area contributed by atoms with Crippen molar-refractivity contribution in [2.75, 3.05) is 0 Å². The van der Waals surface area contributed by atoms with Gasteiger partial charge in [0, 0.05) is 18.2 Å². The van der Waals surface area contributed by atoms with Gasteiger partial charge in [0.05, 0.1) is 0 Å². The average Bonchev–Trinajstić information content (AvgIpc) is 2.09. The maximum absolute atomic E-state index is 9.96. The highest BCUT2D eigenvalue weighted by Gasteiger charge is 1.94. The summed E-state index contributed by atoms with van der Waals surface area (Å²) in [6.07, 6.45) is 7.59. The topological polar surface area (TPSA) is 42.9 Å². The molecule has 0 aliphatic rings. The third kappa shape index (κ3) is 2.43. The summed E-state index contributed by atoms with van der Waals surface area (Å²) in [5, 5.41) is 0.396. The molecule has 0 radical (unpaired) electrons. The number of allylic oxidation sites excluding steroid dienone is 1. The molecule has 0 aliphatic heterocycles. The molecular formula is C8H7ClN2O. The average molecular weight is 183 g/mol. The number of hydrogen-bond acceptors (Lipinski definition) is 3. The molecule has 0 spiro atoms. The van der Waals surface area contributed by atoms with Crippen molar-refractivity contribution in [1.29, 1.82) is 0 Å². The number of rotatable bonds is 3. The summed E-state index contributed by atoms with van der Waals surface area (Å²) in [5.41, 5.74) is 0.723. The number of halogens is 1. The molecule has 1 aromatic rings. The van der Waals surface area contributed by atoms with Gasteiger partial charge in [0.25, 0.3) is 0 Å². The molecule has 1 rings (SSSR count). The van der Waals surface area contributed by atoms with Gasteiger partial charge in [0.2, 0.25) is 0 Å². The molecule has 4 heteroatoms. The van der Waals surface area contributed by atoms with Crippen LogP contribution in [-0.2, 0) is 4.79 Å². The van der Waals surface area contributed by atoms with Gasteiger partial charge in [-0.25, -0.2) is 9.97 Å². The van der Waals surface area contributed by atoms with Gasteiger partial charge in [-0.05, 0) is 0 Å². The predicted molar refractivity (Wildman–Crippen MR) is 46.8 cm³/mol. The first-order valence-corrected chi connectivity index (χ1v) is 3.78. The molecule has 0 fully saturated rings. The van der Waals surface area contributed by atoms with Crippen molar-refractivity contribution >= 4 is 24.0 Å². The summed E-state index contributed by atoms with van der Waals surface area (Å²) < 4.78 is 0. The van der Waals surface area contributed by atoms with E-state index in [1.165, 1.54) is 6.33 Å². The third-order valence-electron chi connectivity index (χ3n) is 1.22. The van der Waals surface area contributed by atoms with Crippen molar-refractivity contribution in [1.82, 2.24) is 9.97 Å². The van der Waals surface area contributed by atoms with Crippen molar-refractivity contribution in [3.8, 4) is 0 Å². The van der Waals surface area contributed by atoms with E-state index >= 15 is 0 Å². The van der Waals surface area contributed by atoms with Crippen LogP contribution in [0.2, 0.25) is 5.15 Å². The van der Waals surface area contributed by atoms with E-state index < -0.39 is 0 Å². The number of hydrogen-bond donors (Lipinski definition) is 0. The van der Waals surface area contributed by atoms with Crippen molar-refractivity contribution in [3.63, 3.8) is 0 Å². The van der Waals surface area contributed by atoms with E-state index in [4.69, 9.17) is 11.6 Å². The molecular weight excluding hydrogens is 176 g/mol. The van der Waals surface area contributed by atoms with E-state index in [9.17, 15) is 4.79 Å². The standard InChI is InChI=1S/C8H7ClN2O/c9-8-7(3-1-2-4-12)5-10-6-11-8/h1,3-6H,2H2. The largest absolute Gasteiger partial charge is 0.303 e. The van der Waals surface area contributed by atoms with E-state index in [2.05, 4.69) is 9.97 Å². The second-order valence-electron chi connectivity index (χ2n) is 2.07. The molecule has 1 aromatic heterocycles. The Labute approximate surface area is 75.1 Å². The van der Waals surface area contributed by atoms with Crippen molar-refractivity contribution in [2.45, 2.75) is 6.42 Å². The lowest BCUT2D eigenvalue weighted by atomic mass is 10.3. The van der Waals surface area contributed by atoms with E-state index in [1.807, 2.05) is 0 Å². The third-order valence-corrected chi connectivity index (χ3v) is 1.54. The van der Waals surface area contributed by atoms with E-state index in [1.54, 1.807) is 18.3 Å². The summed E-state index contributed by atoms with van der Waals surface area (Å²) in [5.74, 6) is 0. The van der Waals surface area contributed by atoms with Gasteiger partial charge < -0.3 is 4.79 Å². The van der Waals surface area contributed by atoms with E-state index in [0.29, 0.717) is 11.6 Å². The maximum Gasteiger partial charge on any atom is 0.139 e. The Kier molecular flexibility index (Phi) is 3.41. The Balaban J connectivity index is 2.74. The van der Waals surface area contributed by atoms with Crippen LogP contribution in [0.1, 0.15) is 12.0 Å². The molecule has 62 valence electrons. The number of carbonyl (C=O) groups excluding carboxylic acids is 1. The quantitative estimate of drug-likeness (QED) is 0.528. The lowest BCUT2D eigenvalue weighted by Crippen LogP contribution is -1.82. The van der Waals surface area contributed by atoms with E-state index in [-0.39, 0.29) is 0 Å². The lowest BCUT2D eigenvalue weighted by molar-refractivity contribution is -0.107. The maximum atomic E-state index is 9.96. The zero-order valence-electron chi connectivity index (χ0n) is 6.27. The molecule has 12 heavy (non-hydrogen) atoms. The molecule has 0 aliphatic carbocycles. The summed E-state index contributed by atoms with van der Waals surface area (Å²) in [7, 11) is 0. The molecule has 0 saturated heterocycles. The second-order valence-corrected chi connectivity index (χ2v) is 2.43. The summed E-state index contributed by atoms with van der Waals surface area (Å²) in [6, 6.07) is 0. The highest BCUT2D eigenvalue weighted by Crippen LogP contribution is 2.11. The highest BCUT2D eigenvalue weighted by atomic mass is 35.5. The zero-order chi connectivity index (χ0) is 8.81. The van der Waals surface area contributed by atoms with Crippen LogP contribution >= 0.6 is 11.6 Å².